The number of hydrogen-bond donors (Lipinski definition) is 1. The molecule has 152 valence electrons. The van der Waals surface area contributed by atoms with E-state index in [0.717, 1.165) is 18.4 Å². The summed E-state index contributed by atoms with van der Waals surface area (Å²) in [6, 6.07) is 12.9. The van der Waals surface area contributed by atoms with Gasteiger partial charge in [0, 0.05) is 0 Å². The lowest BCUT2D eigenvalue weighted by atomic mass is 10.2. The van der Waals surface area contributed by atoms with Crippen molar-refractivity contribution in [1.29, 1.82) is 0 Å². The van der Waals surface area contributed by atoms with Crippen molar-refractivity contribution in [1.82, 2.24) is 5.32 Å². The van der Waals surface area contributed by atoms with Gasteiger partial charge in [0.05, 0.1) is 11.5 Å². The van der Waals surface area contributed by atoms with Crippen molar-refractivity contribution in [3.8, 4) is 5.75 Å². The van der Waals surface area contributed by atoms with Crippen LogP contribution < -0.4 is 9.50 Å². The van der Waals surface area contributed by atoms with E-state index in [2.05, 4.69) is 15.5 Å². The maximum atomic E-state index is 12.4. The number of hydrogen-bond acceptors (Lipinski definition) is 7. The molecule has 7 nitrogen and oxygen atoms in total. The molecule has 1 fully saturated rings. The summed E-state index contributed by atoms with van der Waals surface area (Å²) in [5, 5.41) is 11.0. The number of aryl methyl sites for hydroxylation is 1. The lowest BCUT2D eigenvalue weighted by molar-refractivity contribution is -0.118. The maximum Gasteiger partial charge on any atom is 0.339 e. The molecule has 1 aliphatic heterocycles. The Bertz CT molecular complexity index is 1050. The highest BCUT2D eigenvalue weighted by atomic mass is 32.2. The average Bonchev–Trinajstić information content (AvgIpc) is 3.02. The fourth-order valence-corrected chi connectivity index (χ4v) is 4.54. The predicted octanol–water partition coefficient (Wildman–Crippen LogP) is 3.48. The molecule has 2 aromatic rings. The molecule has 3 rings (SSSR count). The molecule has 2 aromatic carbocycles. The molecule has 0 spiro atoms. The van der Waals surface area contributed by atoms with E-state index < -0.39 is 10.1 Å². The van der Waals surface area contributed by atoms with Gasteiger partial charge in [-0.2, -0.15) is 13.5 Å². The molecule has 1 atom stereocenters. The van der Waals surface area contributed by atoms with Crippen molar-refractivity contribution in [2.24, 2.45) is 10.2 Å². The minimum atomic E-state index is -3.92. The van der Waals surface area contributed by atoms with Gasteiger partial charge in [-0.15, -0.1) is 5.10 Å². The average molecular weight is 432 g/mol. The SMILES string of the molecule is CCC[C@H]1S/C(=N\N=C/c2cccc(OS(=O)(=O)c3ccc(C)cc3)c2)NC1=O. The number of thioether (sulfide) groups is 1. The molecule has 1 saturated heterocycles. The van der Waals surface area contributed by atoms with Crippen LogP contribution in [0.15, 0.2) is 63.6 Å². The number of benzene rings is 2. The predicted molar refractivity (Wildman–Crippen MR) is 115 cm³/mol. The zero-order valence-electron chi connectivity index (χ0n) is 16.0. The molecule has 1 amide bonds. The van der Waals surface area contributed by atoms with Gasteiger partial charge in [-0.05, 0) is 43.2 Å². The summed E-state index contributed by atoms with van der Waals surface area (Å²) in [5.41, 5.74) is 1.58. The fourth-order valence-electron chi connectivity index (χ4n) is 2.58. The van der Waals surface area contributed by atoms with E-state index in [0.29, 0.717) is 10.7 Å². The van der Waals surface area contributed by atoms with E-state index in [1.807, 2.05) is 13.8 Å². The van der Waals surface area contributed by atoms with Gasteiger partial charge >= 0.3 is 10.1 Å². The van der Waals surface area contributed by atoms with Crippen LogP contribution >= 0.6 is 11.8 Å². The van der Waals surface area contributed by atoms with Crippen LogP contribution in [0.3, 0.4) is 0 Å². The standard InChI is InChI=1S/C20H21N3O4S2/c1-3-5-18-19(24)22-20(28-18)23-21-13-15-6-4-7-16(12-15)27-29(25,26)17-10-8-14(2)9-11-17/h4,6-13,18H,3,5H2,1-2H3,(H,22,23,24)/b21-13-/t18-/m1/s1. The van der Waals surface area contributed by atoms with Crippen LogP contribution in [-0.4, -0.2) is 31.0 Å². The van der Waals surface area contributed by atoms with E-state index in [1.54, 1.807) is 36.4 Å². The Balaban J connectivity index is 1.68. The fraction of sp³-hybridized carbons (Fsp3) is 0.250. The normalized spacial score (nSPS) is 18.3. The second-order valence-corrected chi connectivity index (χ2v) is 9.19. The highest BCUT2D eigenvalue weighted by molar-refractivity contribution is 8.15. The van der Waals surface area contributed by atoms with Gasteiger partial charge < -0.3 is 9.50 Å². The van der Waals surface area contributed by atoms with Crippen LogP contribution in [0.5, 0.6) is 5.75 Å². The Morgan fingerprint density at radius 3 is 2.69 bits per heavy atom. The summed E-state index contributed by atoms with van der Waals surface area (Å²) in [6.07, 6.45) is 3.17. The Morgan fingerprint density at radius 1 is 1.21 bits per heavy atom. The molecule has 29 heavy (non-hydrogen) atoms. The Labute approximate surface area is 174 Å². The number of rotatable bonds is 7. The van der Waals surface area contributed by atoms with E-state index in [-0.39, 0.29) is 21.8 Å². The lowest BCUT2D eigenvalue weighted by Crippen LogP contribution is -2.24. The van der Waals surface area contributed by atoms with E-state index in [9.17, 15) is 13.2 Å². The van der Waals surface area contributed by atoms with Crippen molar-refractivity contribution in [3.63, 3.8) is 0 Å². The molecule has 0 aliphatic carbocycles. The summed E-state index contributed by atoms with van der Waals surface area (Å²) in [6.45, 7) is 3.90. The summed E-state index contributed by atoms with van der Waals surface area (Å²) < 4.78 is 30.0. The van der Waals surface area contributed by atoms with E-state index in [4.69, 9.17) is 4.18 Å². The number of carbonyl (C=O) groups excluding carboxylic acids is 1. The topological polar surface area (TPSA) is 97.2 Å². The van der Waals surface area contributed by atoms with Gasteiger partial charge in [0.15, 0.2) is 5.17 Å². The molecule has 0 radical (unpaired) electrons. The number of nitrogens with zero attached hydrogens (tertiary/aromatic N) is 2. The molecular formula is C20H21N3O4S2. The number of amides is 1. The van der Waals surface area contributed by atoms with Crippen LogP contribution in [0, 0.1) is 6.92 Å². The van der Waals surface area contributed by atoms with Gasteiger partial charge in [0.2, 0.25) is 5.91 Å². The van der Waals surface area contributed by atoms with E-state index in [1.165, 1.54) is 30.1 Å². The second kappa shape index (κ2) is 9.23. The quantitative estimate of drug-likeness (QED) is 0.411. The largest absolute Gasteiger partial charge is 0.379 e. The molecule has 0 aromatic heterocycles. The minimum absolute atomic E-state index is 0.0532. The van der Waals surface area contributed by atoms with Crippen LogP contribution in [-0.2, 0) is 14.9 Å². The molecule has 0 unspecified atom stereocenters. The van der Waals surface area contributed by atoms with Crippen LogP contribution in [0.2, 0.25) is 0 Å². The van der Waals surface area contributed by atoms with Crippen molar-refractivity contribution in [2.75, 3.05) is 0 Å². The smallest absolute Gasteiger partial charge is 0.339 e. The van der Waals surface area contributed by atoms with Crippen molar-refractivity contribution >= 4 is 39.2 Å². The number of amidine groups is 1. The zero-order valence-corrected chi connectivity index (χ0v) is 17.7. The molecule has 0 saturated carbocycles. The summed E-state index contributed by atoms with van der Waals surface area (Å²) in [4.78, 5) is 11.9. The van der Waals surface area contributed by atoms with Crippen molar-refractivity contribution in [3.05, 3.63) is 59.7 Å². The summed E-state index contributed by atoms with van der Waals surface area (Å²) in [7, 11) is -3.92. The number of nitrogens with one attached hydrogen (secondary N) is 1. The Morgan fingerprint density at radius 2 is 1.97 bits per heavy atom. The van der Waals surface area contributed by atoms with Gasteiger partial charge in [-0.25, -0.2) is 0 Å². The molecule has 9 heteroatoms. The lowest BCUT2D eigenvalue weighted by Gasteiger charge is -2.07. The first kappa shape index (κ1) is 21.1. The van der Waals surface area contributed by atoms with Gasteiger partial charge in [0.1, 0.15) is 10.6 Å². The Kier molecular flexibility index (Phi) is 6.71. The second-order valence-electron chi connectivity index (χ2n) is 6.46. The van der Waals surface area contributed by atoms with Crippen molar-refractivity contribution in [2.45, 2.75) is 36.8 Å². The number of carbonyl (C=O) groups is 1. The Hall–Kier alpha value is -2.65. The van der Waals surface area contributed by atoms with E-state index >= 15 is 0 Å². The third-order valence-electron chi connectivity index (χ3n) is 4.06. The molecule has 0 bridgehead atoms. The summed E-state index contributed by atoms with van der Waals surface area (Å²) >= 11 is 1.36. The first-order chi connectivity index (χ1) is 13.9. The van der Waals surface area contributed by atoms with Crippen LogP contribution in [0.1, 0.15) is 30.9 Å². The van der Waals surface area contributed by atoms with Crippen molar-refractivity contribution < 1.29 is 17.4 Å². The maximum absolute atomic E-state index is 12.4. The van der Waals surface area contributed by atoms with Gasteiger partial charge in [0.25, 0.3) is 0 Å². The summed E-state index contributed by atoms with van der Waals surface area (Å²) in [5.74, 6) is 0.122. The molecule has 1 N–H and O–H groups in total. The van der Waals surface area contributed by atoms with Crippen LogP contribution in [0.25, 0.3) is 0 Å². The minimum Gasteiger partial charge on any atom is -0.379 e. The monoisotopic (exact) mass is 431 g/mol. The third kappa shape index (κ3) is 5.68. The third-order valence-corrected chi connectivity index (χ3v) is 6.46. The molecule has 1 heterocycles. The molecule has 1 aliphatic rings. The van der Waals surface area contributed by atoms with Crippen LogP contribution in [0.4, 0.5) is 0 Å². The zero-order chi connectivity index (χ0) is 20.9. The first-order valence-electron chi connectivity index (χ1n) is 9.07. The van der Waals surface area contributed by atoms with Gasteiger partial charge in [-0.1, -0.05) is 54.9 Å². The molecular weight excluding hydrogens is 410 g/mol. The highest BCUT2D eigenvalue weighted by Crippen LogP contribution is 2.23. The highest BCUT2D eigenvalue weighted by Gasteiger charge is 2.29. The van der Waals surface area contributed by atoms with Gasteiger partial charge in [-0.3, -0.25) is 4.79 Å². The first-order valence-corrected chi connectivity index (χ1v) is 11.4.